The van der Waals surface area contributed by atoms with Crippen LogP contribution in [0.3, 0.4) is 0 Å². The first-order valence-corrected chi connectivity index (χ1v) is 5.69. The summed E-state index contributed by atoms with van der Waals surface area (Å²) >= 11 is 0. The van der Waals surface area contributed by atoms with Gasteiger partial charge in [-0.2, -0.15) is 0 Å². The minimum Gasteiger partial charge on any atom is -0.493 e. The standard InChI is InChI=1S/C13H19NO2/c1-13(2,3)16-14-8-10-9-15-12-7-5-4-6-11(10)12/h4-7,10,14H,8-9H2,1-3H3. The average molecular weight is 221 g/mol. The lowest BCUT2D eigenvalue weighted by Gasteiger charge is -2.20. The van der Waals surface area contributed by atoms with Gasteiger partial charge in [0.1, 0.15) is 5.75 Å². The van der Waals surface area contributed by atoms with Crippen molar-refractivity contribution in [2.75, 3.05) is 13.2 Å². The van der Waals surface area contributed by atoms with Crippen molar-refractivity contribution in [1.82, 2.24) is 5.48 Å². The van der Waals surface area contributed by atoms with Crippen molar-refractivity contribution >= 4 is 0 Å². The highest BCUT2D eigenvalue weighted by molar-refractivity contribution is 5.39. The lowest BCUT2D eigenvalue weighted by Crippen LogP contribution is -2.32. The molecule has 0 amide bonds. The number of benzene rings is 1. The van der Waals surface area contributed by atoms with Crippen LogP contribution < -0.4 is 10.2 Å². The molecular formula is C13H19NO2. The maximum Gasteiger partial charge on any atom is 0.122 e. The van der Waals surface area contributed by atoms with Crippen molar-refractivity contribution in [3.63, 3.8) is 0 Å². The normalized spacial score (nSPS) is 19.3. The third-order valence-corrected chi connectivity index (χ3v) is 2.51. The van der Waals surface area contributed by atoms with Crippen LogP contribution in [0.1, 0.15) is 32.3 Å². The van der Waals surface area contributed by atoms with Crippen LogP contribution in [0.15, 0.2) is 24.3 Å². The van der Waals surface area contributed by atoms with Gasteiger partial charge in [-0.15, -0.1) is 0 Å². The van der Waals surface area contributed by atoms with E-state index in [1.807, 2.05) is 39.0 Å². The predicted molar refractivity (Wildman–Crippen MR) is 63.5 cm³/mol. The van der Waals surface area contributed by atoms with Crippen LogP contribution in [0.25, 0.3) is 0 Å². The summed E-state index contributed by atoms with van der Waals surface area (Å²) in [5.74, 6) is 1.39. The molecule has 0 aromatic heterocycles. The Hall–Kier alpha value is -1.06. The van der Waals surface area contributed by atoms with Crippen molar-refractivity contribution < 1.29 is 9.57 Å². The van der Waals surface area contributed by atoms with Crippen molar-refractivity contribution in [3.05, 3.63) is 29.8 Å². The van der Waals surface area contributed by atoms with Crippen LogP contribution in [0.5, 0.6) is 5.75 Å². The molecule has 1 aromatic rings. The molecule has 0 aliphatic carbocycles. The Morgan fingerprint density at radius 2 is 2.12 bits per heavy atom. The fraction of sp³-hybridized carbons (Fsp3) is 0.538. The van der Waals surface area contributed by atoms with Crippen LogP contribution >= 0.6 is 0 Å². The van der Waals surface area contributed by atoms with Gasteiger partial charge < -0.3 is 4.74 Å². The molecular weight excluding hydrogens is 202 g/mol. The number of ether oxygens (including phenoxy) is 1. The monoisotopic (exact) mass is 221 g/mol. The van der Waals surface area contributed by atoms with E-state index in [0.29, 0.717) is 5.92 Å². The van der Waals surface area contributed by atoms with E-state index in [1.165, 1.54) is 5.56 Å². The van der Waals surface area contributed by atoms with Gasteiger partial charge in [0.05, 0.1) is 12.2 Å². The molecule has 2 rings (SSSR count). The molecule has 3 heteroatoms. The Balaban J connectivity index is 1.89. The molecule has 88 valence electrons. The first-order chi connectivity index (χ1) is 7.56. The highest BCUT2D eigenvalue weighted by Gasteiger charge is 2.23. The van der Waals surface area contributed by atoms with Crippen LogP contribution in [-0.2, 0) is 4.84 Å². The van der Waals surface area contributed by atoms with E-state index in [4.69, 9.17) is 9.57 Å². The molecule has 16 heavy (non-hydrogen) atoms. The van der Waals surface area contributed by atoms with Gasteiger partial charge >= 0.3 is 0 Å². The van der Waals surface area contributed by atoms with Gasteiger partial charge in [0, 0.05) is 18.0 Å². The molecule has 1 atom stereocenters. The third-order valence-electron chi connectivity index (χ3n) is 2.51. The smallest absolute Gasteiger partial charge is 0.122 e. The largest absolute Gasteiger partial charge is 0.493 e. The second-order valence-corrected chi connectivity index (χ2v) is 5.11. The SMILES string of the molecule is CC(C)(C)ONCC1COc2ccccc21. The lowest BCUT2D eigenvalue weighted by atomic mass is 10.0. The topological polar surface area (TPSA) is 30.5 Å². The van der Waals surface area contributed by atoms with Crippen molar-refractivity contribution in [2.45, 2.75) is 32.3 Å². The Morgan fingerprint density at radius 1 is 1.38 bits per heavy atom. The van der Waals surface area contributed by atoms with Crippen molar-refractivity contribution in [3.8, 4) is 5.75 Å². The second-order valence-electron chi connectivity index (χ2n) is 5.11. The molecule has 0 saturated heterocycles. The number of hydrogen-bond acceptors (Lipinski definition) is 3. The van der Waals surface area contributed by atoms with Crippen LogP contribution in [0.4, 0.5) is 0 Å². The van der Waals surface area contributed by atoms with E-state index in [0.717, 1.165) is 18.9 Å². The number of hydroxylamine groups is 1. The van der Waals surface area contributed by atoms with E-state index < -0.39 is 0 Å². The van der Waals surface area contributed by atoms with E-state index in [-0.39, 0.29) is 5.60 Å². The molecule has 0 fully saturated rings. The molecule has 1 aliphatic rings. The van der Waals surface area contributed by atoms with Gasteiger partial charge in [-0.3, -0.25) is 4.84 Å². The molecule has 0 spiro atoms. The maximum absolute atomic E-state index is 5.60. The molecule has 0 bridgehead atoms. The first-order valence-electron chi connectivity index (χ1n) is 5.69. The number of fused-ring (bicyclic) bond motifs is 1. The molecule has 0 saturated carbocycles. The summed E-state index contributed by atoms with van der Waals surface area (Å²) in [4.78, 5) is 5.50. The number of para-hydroxylation sites is 1. The van der Waals surface area contributed by atoms with Crippen LogP contribution in [-0.4, -0.2) is 18.8 Å². The molecule has 1 N–H and O–H groups in total. The van der Waals surface area contributed by atoms with Crippen molar-refractivity contribution in [1.29, 1.82) is 0 Å². The van der Waals surface area contributed by atoms with Gasteiger partial charge in [0.25, 0.3) is 0 Å². The summed E-state index contributed by atoms with van der Waals surface area (Å²) in [5.41, 5.74) is 4.15. The van der Waals surface area contributed by atoms with E-state index in [2.05, 4.69) is 11.5 Å². The minimum absolute atomic E-state index is 0.154. The highest BCUT2D eigenvalue weighted by Crippen LogP contribution is 2.32. The lowest BCUT2D eigenvalue weighted by molar-refractivity contribution is -0.0744. The Kier molecular flexibility index (Phi) is 3.17. The predicted octanol–water partition coefficient (Wildman–Crippen LogP) is 2.48. The van der Waals surface area contributed by atoms with Crippen molar-refractivity contribution in [2.24, 2.45) is 0 Å². The Morgan fingerprint density at radius 3 is 2.88 bits per heavy atom. The third kappa shape index (κ3) is 2.74. The summed E-state index contributed by atoms with van der Waals surface area (Å²) in [7, 11) is 0. The van der Waals surface area contributed by atoms with E-state index >= 15 is 0 Å². The van der Waals surface area contributed by atoms with E-state index in [9.17, 15) is 0 Å². The molecule has 1 unspecified atom stereocenters. The van der Waals surface area contributed by atoms with Gasteiger partial charge in [0.2, 0.25) is 0 Å². The zero-order chi connectivity index (χ0) is 11.6. The molecule has 3 nitrogen and oxygen atoms in total. The van der Waals surface area contributed by atoms with Gasteiger partial charge in [-0.05, 0) is 26.8 Å². The summed E-state index contributed by atoms with van der Waals surface area (Å²) in [5, 5.41) is 0. The highest BCUT2D eigenvalue weighted by atomic mass is 16.7. The number of hydrogen-bond donors (Lipinski definition) is 1. The van der Waals surface area contributed by atoms with Crippen LogP contribution in [0.2, 0.25) is 0 Å². The summed E-state index contributed by atoms with van der Waals surface area (Å²) in [6, 6.07) is 8.18. The molecule has 1 aromatic carbocycles. The van der Waals surface area contributed by atoms with Gasteiger partial charge in [-0.25, -0.2) is 5.48 Å². The first kappa shape index (κ1) is 11.4. The zero-order valence-electron chi connectivity index (χ0n) is 10.1. The second kappa shape index (κ2) is 4.44. The maximum atomic E-state index is 5.60. The molecule has 1 aliphatic heterocycles. The fourth-order valence-electron chi connectivity index (χ4n) is 1.76. The Bertz CT molecular complexity index is 357. The Labute approximate surface area is 96.7 Å². The average Bonchev–Trinajstić information content (AvgIpc) is 2.60. The van der Waals surface area contributed by atoms with Crippen LogP contribution in [0, 0.1) is 0 Å². The molecule has 0 radical (unpaired) electrons. The minimum atomic E-state index is -0.154. The van der Waals surface area contributed by atoms with E-state index in [1.54, 1.807) is 0 Å². The number of nitrogens with one attached hydrogen (secondary N) is 1. The summed E-state index contributed by atoms with van der Waals surface area (Å²) in [6.07, 6.45) is 0. The van der Waals surface area contributed by atoms with Gasteiger partial charge in [-0.1, -0.05) is 18.2 Å². The summed E-state index contributed by atoms with van der Waals surface area (Å²) < 4.78 is 5.60. The fourth-order valence-corrected chi connectivity index (χ4v) is 1.76. The molecule has 1 heterocycles. The quantitative estimate of drug-likeness (QED) is 0.795. The van der Waals surface area contributed by atoms with Gasteiger partial charge in [0.15, 0.2) is 0 Å². The zero-order valence-corrected chi connectivity index (χ0v) is 10.1. The summed E-state index contributed by atoms with van der Waals surface area (Å²) in [6.45, 7) is 7.60. The number of rotatable bonds is 3.